The molecule has 3 amide bonds. The fraction of sp³-hybridized carbons (Fsp3) is 0.300. The Kier molecular flexibility index (Phi) is 13.6. The molecule has 0 fully saturated rings. The lowest BCUT2D eigenvalue weighted by Gasteiger charge is -2.16. The Morgan fingerprint density at radius 3 is 2.23 bits per heavy atom. The number of hydrogen-bond acceptors (Lipinski definition) is 10. The molecule has 0 radical (unpaired) electrons. The Balaban J connectivity index is 1.37. The Labute approximate surface area is 317 Å². The highest BCUT2D eigenvalue weighted by Gasteiger charge is 2.28. The molecule has 1 heterocycles. The third-order valence-electron chi connectivity index (χ3n) is 8.61. The van der Waals surface area contributed by atoms with Crippen LogP contribution in [-0.4, -0.2) is 57.4 Å². The molecule has 1 aliphatic rings. The van der Waals surface area contributed by atoms with Crippen molar-refractivity contribution < 1.29 is 38.1 Å². The fourth-order valence-electron chi connectivity index (χ4n) is 5.97. The van der Waals surface area contributed by atoms with Crippen molar-refractivity contribution in [3.8, 4) is 17.2 Å². The molecule has 53 heavy (non-hydrogen) atoms. The maximum atomic E-state index is 13.8. The number of hydrogen-bond donors (Lipinski definition) is 3. The minimum atomic E-state index is -0.581. The molecule has 5 rings (SSSR count). The molecule has 0 saturated heterocycles. The van der Waals surface area contributed by atoms with Crippen LogP contribution >= 0.6 is 23.1 Å². The van der Waals surface area contributed by atoms with Gasteiger partial charge in [-0.2, -0.15) is 0 Å². The molecule has 1 atom stereocenters. The highest BCUT2D eigenvalue weighted by Crippen LogP contribution is 2.40. The second kappa shape index (κ2) is 18.5. The van der Waals surface area contributed by atoms with Gasteiger partial charge in [0.1, 0.15) is 10.7 Å². The number of thiophene rings is 1. The molecule has 0 saturated carbocycles. The first-order valence-corrected chi connectivity index (χ1v) is 18.9. The summed E-state index contributed by atoms with van der Waals surface area (Å²) in [4.78, 5) is 55.4. The molecule has 0 aliphatic heterocycles. The summed E-state index contributed by atoms with van der Waals surface area (Å²) in [6.45, 7) is 1.92. The molecule has 3 aromatic carbocycles. The minimum absolute atomic E-state index is 0.0345. The zero-order chi connectivity index (χ0) is 37.9. The second-order valence-corrected chi connectivity index (χ2v) is 14.5. The van der Waals surface area contributed by atoms with E-state index in [-0.39, 0.29) is 11.6 Å². The van der Waals surface area contributed by atoms with Crippen molar-refractivity contribution in [2.45, 2.75) is 55.6 Å². The Hall–Kier alpha value is -5.27. The van der Waals surface area contributed by atoms with Crippen LogP contribution in [-0.2, 0) is 27.2 Å². The van der Waals surface area contributed by atoms with Gasteiger partial charge in [-0.3, -0.25) is 14.4 Å². The van der Waals surface area contributed by atoms with E-state index >= 15 is 0 Å². The van der Waals surface area contributed by atoms with Crippen LogP contribution in [0.5, 0.6) is 17.2 Å². The summed E-state index contributed by atoms with van der Waals surface area (Å²) in [6.07, 6.45) is 6.82. The number of anilines is 2. The quantitative estimate of drug-likeness (QED) is 0.0510. The lowest BCUT2D eigenvalue weighted by molar-refractivity contribution is -0.116. The van der Waals surface area contributed by atoms with Crippen LogP contribution in [0.25, 0.3) is 6.08 Å². The van der Waals surface area contributed by atoms with Gasteiger partial charge >= 0.3 is 5.97 Å². The van der Waals surface area contributed by atoms with Crippen molar-refractivity contribution in [1.29, 1.82) is 0 Å². The molecule has 3 N–H and O–H groups in total. The van der Waals surface area contributed by atoms with E-state index in [1.54, 1.807) is 60.7 Å². The van der Waals surface area contributed by atoms with E-state index in [0.717, 1.165) is 47.4 Å². The molecule has 1 aromatic heterocycles. The summed E-state index contributed by atoms with van der Waals surface area (Å²) < 4.78 is 21.5. The predicted octanol–water partition coefficient (Wildman–Crippen LogP) is 7.75. The smallest absolute Gasteiger partial charge is 0.341 e. The van der Waals surface area contributed by atoms with Crippen LogP contribution < -0.4 is 30.2 Å². The van der Waals surface area contributed by atoms with Crippen LogP contribution in [0.3, 0.4) is 0 Å². The maximum Gasteiger partial charge on any atom is 0.341 e. The molecule has 0 bridgehead atoms. The fourth-order valence-corrected chi connectivity index (χ4v) is 8.26. The first-order valence-electron chi connectivity index (χ1n) is 17.2. The van der Waals surface area contributed by atoms with Crippen molar-refractivity contribution in [3.63, 3.8) is 0 Å². The Bertz CT molecular complexity index is 1970. The van der Waals surface area contributed by atoms with Gasteiger partial charge in [0.25, 0.3) is 11.8 Å². The summed E-state index contributed by atoms with van der Waals surface area (Å²) in [5.41, 5.74) is 2.74. The van der Waals surface area contributed by atoms with E-state index in [1.165, 1.54) is 57.6 Å². The summed E-state index contributed by atoms with van der Waals surface area (Å²) in [5.74, 6) is -0.589. The van der Waals surface area contributed by atoms with E-state index in [4.69, 9.17) is 18.9 Å². The van der Waals surface area contributed by atoms with Gasteiger partial charge in [0.2, 0.25) is 11.7 Å². The zero-order valence-corrected chi connectivity index (χ0v) is 32.0. The predicted molar refractivity (Wildman–Crippen MR) is 209 cm³/mol. The number of esters is 1. The average Bonchev–Trinajstić information content (AvgIpc) is 3.35. The number of carbonyl (C=O) groups excluding carboxylic acids is 4. The van der Waals surface area contributed by atoms with Crippen LogP contribution in [0, 0.1) is 0 Å². The van der Waals surface area contributed by atoms with Gasteiger partial charge in [-0.25, -0.2) is 4.79 Å². The van der Waals surface area contributed by atoms with Crippen molar-refractivity contribution in [1.82, 2.24) is 5.32 Å². The lowest BCUT2D eigenvalue weighted by Crippen LogP contribution is -2.30. The number of benzene rings is 3. The summed E-state index contributed by atoms with van der Waals surface area (Å²) in [7, 11) is 5.83. The Morgan fingerprint density at radius 2 is 1.57 bits per heavy atom. The molecule has 11 nitrogen and oxygen atoms in total. The number of fused-ring (bicyclic) bond motifs is 1. The number of rotatable bonds is 14. The molecule has 1 aliphatic carbocycles. The van der Waals surface area contributed by atoms with Gasteiger partial charge in [0, 0.05) is 21.0 Å². The number of ether oxygens (including phenoxy) is 4. The van der Waals surface area contributed by atoms with Crippen molar-refractivity contribution >= 4 is 63.6 Å². The third-order valence-corrected chi connectivity index (χ3v) is 11.2. The topological polar surface area (TPSA) is 141 Å². The molecule has 1 unspecified atom stereocenters. The van der Waals surface area contributed by atoms with Crippen LogP contribution in [0.1, 0.15) is 69.3 Å². The number of nitrogens with one attached hydrogen (secondary N) is 3. The first-order chi connectivity index (χ1) is 25.7. The summed E-state index contributed by atoms with van der Waals surface area (Å²) in [6, 6.07) is 19.0. The minimum Gasteiger partial charge on any atom is -0.493 e. The van der Waals surface area contributed by atoms with Crippen molar-refractivity contribution in [2.75, 3.05) is 39.1 Å². The normalized spacial score (nSPS) is 13.1. The van der Waals surface area contributed by atoms with E-state index in [1.807, 2.05) is 13.0 Å². The molecular formula is C40H43N3O8S2. The van der Waals surface area contributed by atoms with Crippen LogP contribution in [0.2, 0.25) is 0 Å². The molecule has 13 heteroatoms. The van der Waals surface area contributed by atoms with E-state index < -0.39 is 23.0 Å². The lowest BCUT2D eigenvalue weighted by atomic mass is 10.1. The van der Waals surface area contributed by atoms with Gasteiger partial charge < -0.3 is 34.9 Å². The average molecular weight is 758 g/mol. The van der Waals surface area contributed by atoms with Crippen LogP contribution in [0.15, 0.2) is 77.3 Å². The van der Waals surface area contributed by atoms with Gasteiger partial charge in [0.15, 0.2) is 11.5 Å². The summed E-state index contributed by atoms with van der Waals surface area (Å²) in [5, 5.41) is 8.69. The molecule has 0 spiro atoms. The third kappa shape index (κ3) is 9.59. The second-order valence-electron chi connectivity index (χ2n) is 12.1. The number of thioether (sulfide) groups is 1. The van der Waals surface area contributed by atoms with Crippen molar-refractivity contribution in [2.24, 2.45) is 0 Å². The Morgan fingerprint density at radius 1 is 0.849 bits per heavy atom. The maximum absolute atomic E-state index is 13.8. The SMILES string of the molecule is CCC(Sc1cccc(NC(=O)/C(=C\c2cc(OC)c(OC)c(OC)c2)NC(=O)c2ccccc2)c1)C(=O)Nc1sc2c(c1C(=O)OC)CCCCC2. The highest BCUT2D eigenvalue weighted by molar-refractivity contribution is 8.00. The van der Waals surface area contributed by atoms with E-state index in [9.17, 15) is 19.2 Å². The molecular weight excluding hydrogens is 715 g/mol. The highest BCUT2D eigenvalue weighted by atomic mass is 32.2. The van der Waals surface area contributed by atoms with E-state index in [2.05, 4.69) is 16.0 Å². The number of carbonyl (C=O) groups is 4. The standard InChI is InChI=1S/C40H43N3O8S2/c1-6-32(38(46)43-39-34(40(47)51-5)28-18-11-8-12-19-33(28)53-39)52-27-17-13-16-26(23-27)41-37(45)29(42-36(44)25-14-9-7-10-15-25)20-24-21-30(48-2)35(50-4)31(22-24)49-3/h7,9-10,13-17,20-23,32H,6,8,11-12,18-19H2,1-5H3,(H,41,45)(H,42,44)(H,43,46)/b29-20+. The monoisotopic (exact) mass is 757 g/mol. The van der Waals surface area contributed by atoms with Crippen LogP contribution in [0.4, 0.5) is 10.7 Å². The van der Waals surface area contributed by atoms with Gasteiger partial charge in [-0.05, 0) is 91.8 Å². The van der Waals surface area contributed by atoms with E-state index in [0.29, 0.717) is 51.0 Å². The first kappa shape index (κ1) is 38.9. The number of aryl methyl sites for hydroxylation is 1. The number of methoxy groups -OCH3 is 4. The van der Waals surface area contributed by atoms with Gasteiger partial charge in [0.05, 0.1) is 39.3 Å². The largest absolute Gasteiger partial charge is 0.493 e. The van der Waals surface area contributed by atoms with Gasteiger partial charge in [-0.15, -0.1) is 23.1 Å². The number of amides is 3. The molecule has 278 valence electrons. The zero-order valence-electron chi connectivity index (χ0n) is 30.3. The van der Waals surface area contributed by atoms with Gasteiger partial charge in [-0.1, -0.05) is 37.6 Å². The summed E-state index contributed by atoms with van der Waals surface area (Å²) >= 11 is 2.80. The molecule has 4 aromatic rings. The van der Waals surface area contributed by atoms with Crippen molar-refractivity contribution in [3.05, 3.63) is 99.6 Å².